The Bertz CT molecular complexity index is 868. The molecule has 2 aliphatic rings. The van der Waals surface area contributed by atoms with Crippen LogP contribution in [0.3, 0.4) is 0 Å². The van der Waals surface area contributed by atoms with Crippen LogP contribution in [0.5, 0.6) is 0 Å². The molecule has 9 heteroatoms. The highest BCUT2D eigenvalue weighted by Gasteiger charge is 2.36. The van der Waals surface area contributed by atoms with E-state index in [9.17, 15) is 18.0 Å². The Labute approximate surface area is 148 Å². The summed E-state index contributed by atoms with van der Waals surface area (Å²) in [7, 11) is 1.81. The van der Waals surface area contributed by atoms with Gasteiger partial charge in [0, 0.05) is 51.2 Å². The highest BCUT2D eigenvalue weighted by molar-refractivity contribution is 5.34. The molecular weight excluding hydrogens is 347 g/mol. The molecule has 1 saturated carbocycles. The summed E-state index contributed by atoms with van der Waals surface area (Å²) in [5.74, 6) is 1.01. The van der Waals surface area contributed by atoms with Crippen LogP contribution in [0, 0.1) is 5.92 Å². The summed E-state index contributed by atoms with van der Waals surface area (Å²) in [4.78, 5) is 22.3. The van der Waals surface area contributed by atoms with Crippen LogP contribution in [0.1, 0.15) is 36.8 Å². The van der Waals surface area contributed by atoms with E-state index in [1.807, 2.05) is 11.9 Å². The number of aromatic nitrogens is 4. The SMILES string of the molecule is CN(C[C@H]1CCc2nc(C(F)(F)F)cn2C1)c1nccn(C2CC2)c1=O. The zero-order valence-corrected chi connectivity index (χ0v) is 14.4. The van der Waals surface area contributed by atoms with Gasteiger partial charge in [0.1, 0.15) is 5.82 Å². The first kappa shape index (κ1) is 17.1. The number of alkyl halides is 3. The molecule has 26 heavy (non-hydrogen) atoms. The summed E-state index contributed by atoms with van der Waals surface area (Å²) >= 11 is 0. The van der Waals surface area contributed by atoms with E-state index in [0.717, 1.165) is 25.5 Å². The van der Waals surface area contributed by atoms with Crippen LogP contribution < -0.4 is 10.5 Å². The average molecular weight is 367 g/mol. The predicted molar refractivity (Wildman–Crippen MR) is 89.1 cm³/mol. The first-order valence-corrected chi connectivity index (χ1v) is 8.74. The first-order valence-electron chi connectivity index (χ1n) is 8.74. The van der Waals surface area contributed by atoms with Crippen LogP contribution in [-0.2, 0) is 19.1 Å². The van der Waals surface area contributed by atoms with E-state index in [2.05, 4.69) is 9.97 Å². The molecule has 0 spiro atoms. The lowest BCUT2D eigenvalue weighted by atomic mass is 9.99. The molecule has 0 amide bonds. The summed E-state index contributed by atoms with van der Waals surface area (Å²) in [6.45, 7) is 1.03. The van der Waals surface area contributed by atoms with E-state index < -0.39 is 11.9 Å². The molecular formula is C17H20F3N5O. The smallest absolute Gasteiger partial charge is 0.355 e. The van der Waals surface area contributed by atoms with Gasteiger partial charge in [0.25, 0.3) is 5.56 Å². The van der Waals surface area contributed by atoms with Crippen molar-refractivity contribution in [1.29, 1.82) is 0 Å². The van der Waals surface area contributed by atoms with E-state index in [4.69, 9.17) is 0 Å². The molecule has 0 saturated heterocycles. The summed E-state index contributed by atoms with van der Waals surface area (Å²) in [6, 6.07) is 0.279. The Balaban J connectivity index is 1.48. The van der Waals surface area contributed by atoms with E-state index in [-0.39, 0.29) is 17.5 Å². The predicted octanol–water partition coefficient (Wildman–Crippen LogP) is 2.49. The third kappa shape index (κ3) is 3.22. The molecule has 1 aliphatic carbocycles. The topological polar surface area (TPSA) is 56.0 Å². The molecule has 2 aromatic heterocycles. The lowest BCUT2D eigenvalue weighted by Gasteiger charge is -2.28. The van der Waals surface area contributed by atoms with Crippen LogP contribution in [0.25, 0.3) is 0 Å². The van der Waals surface area contributed by atoms with E-state index in [0.29, 0.717) is 31.2 Å². The zero-order chi connectivity index (χ0) is 18.5. The second-order valence-electron chi connectivity index (χ2n) is 7.17. The van der Waals surface area contributed by atoms with Crippen molar-refractivity contribution >= 4 is 5.82 Å². The monoisotopic (exact) mass is 367 g/mol. The van der Waals surface area contributed by atoms with Gasteiger partial charge in [0.15, 0.2) is 11.5 Å². The van der Waals surface area contributed by atoms with Crippen molar-refractivity contribution in [3.63, 3.8) is 0 Å². The third-order valence-corrected chi connectivity index (χ3v) is 5.06. The molecule has 0 radical (unpaired) electrons. The number of aryl methyl sites for hydroxylation is 1. The summed E-state index contributed by atoms with van der Waals surface area (Å²) < 4.78 is 41.8. The number of nitrogens with zero attached hydrogens (tertiary/aromatic N) is 5. The first-order chi connectivity index (χ1) is 12.3. The van der Waals surface area contributed by atoms with Crippen LogP contribution in [0.4, 0.5) is 19.0 Å². The van der Waals surface area contributed by atoms with Crippen molar-refractivity contribution in [2.24, 2.45) is 5.92 Å². The lowest BCUT2D eigenvalue weighted by Crippen LogP contribution is -2.36. The highest BCUT2D eigenvalue weighted by Crippen LogP contribution is 2.33. The van der Waals surface area contributed by atoms with Gasteiger partial charge in [-0.2, -0.15) is 13.2 Å². The molecule has 0 N–H and O–H groups in total. The van der Waals surface area contributed by atoms with Crippen molar-refractivity contribution in [2.45, 2.75) is 44.4 Å². The second-order valence-corrected chi connectivity index (χ2v) is 7.17. The van der Waals surface area contributed by atoms with Gasteiger partial charge in [-0.15, -0.1) is 0 Å². The fourth-order valence-electron chi connectivity index (χ4n) is 3.59. The van der Waals surface area contributed by atoms with Gasteiger partial charge in [-0.05, 0) is 25.2 Å². The molecule has 0 bridgehead atoms. The largest absolute Gasteiger partial charge is 0.434 e. The lowest BCUT2D eigenvalue weighted by molar-refractivity contribution is -0.141. The Morgan fingerprint density at radius 3 is 2.77 bits per heavy atom. The molecule has 4 rings (SSSR count). The van der Waals surface area contributed by atoms with Crippen molar-refractivity contribution in [3.8, 4) is 0 Å². The van der Waals surface area contributed by atoms with Crippen LogP contribution in [0.2, 0.25) is 0 Å². The van der Waals surface area contributed by atoms with Gasteiger partial charge >= 0.3 is 6.18 Å². The van der Waals surface area contributed by atoms with E-state index in [1.165, 1.54) is 0 Å². The molecule has 3 heterocycles. The number of hydrogen-bond donors (Lipinski definition) is 0. The van der Waals surface area contributed by atoms with Gasteiger partial charge in [0.2, 0.25) is 0 Å². The minimum absolute atomic E-state index is 0.101. The molecule has 0 unspecified atom stereocenters. The third-order valence-electron chi connectivity index (χ3n) is 5.06. The van der Waals surface area contributed by atoms with Gasteiger partial charge in [-0.1, -0.05) is 0 Å². The van der Waals surface area contributed by atoms with Crippen molar-refractivity contribution in [1.82, 2.24) is 19.1 Å². The van der Waals surface area contributed by atoms with E-state index >= 15 is 0 Å². The van der Waals surface area contributed by atoms with Crippen LogP contribution in [-0.4, -0.2) is 32.7 Å². The zero-order valence-electron chi connectivity index (χ0n) is 14.4. The van der Waals surface area contributed by atoms with Crippen LogP contribution >= 0.6 is 0 Å². The average Bonchev–Trinajstić information content (AvgIpc) is 3.32. The van der Waals surface area contributed by atoms with Crippen LogP contribution in [0.15, 0.2) is 23.4 Å². The molecule has 140 valence electrons. The molecule has 6 nitrogen and oxygen atoms in total. The van der Waals surface area contributed by atoms with Crippen molar-refractivity contribution < 1.29 is 13.2 Å². The number of anilines is 1. The van der Waals surface area contributed by atoms with Gasteiger partial charge < -0.3 is 14.0 Å². The minimum Gasteiger partial charge on any atom is -0.355 e. The molecule has 2 aromatic rings. The highest BCUT2D eigenvalue weighted by atomic mass is 19.4. The van der Waals surface area contributed by atoms with Gasteiger partial charge in [-0.3, -0.25) is 4.79 Å². The molecule has 0 aromatic carbocycles. The standard InChI is InChI=1S/C17H20F3N5O/c1-23(15-16(26)25(7-6-21-15)12-3-4-12)8-11-2-5-14-22-13(17(18,19)20)10-24(14)9-11/h6-7,10-12H,2-5,8-9H2,1H3/t11-/m1/s1. The maximum absolute atomic E-state index is 12.8. The Hall–Kier alpha value is -2.32. The molecule has 1 fully saturated rings. The fourth-order valence-corrected chi connectivity index (χ4v) is 3.59. The van der Waals surface area contributed by atoms with Gasteiger partial charge in [0.05, 0.1) is 0 Å². The number of hydrogen-bond acceptors (Lipinski definition) is 4. The minimum atomic E-state index is -4.42. The van der Waals surface area contributed by atoms with Crippen molar-refractivity contribution in [2.75, 3.05) is 18.5 Å². The second kappa shape index (κ2) is 6.14. The summed E-state index contributed by atoms with van der Waals surface area (Å²) in [6.07, 6.45) is 3.29. The summed E-state index contributed by atoms with van der Waals surface area (Å²) in [5.41, 5.74) is -0.936. The quantitative estimate of drug-likeness (QED) is 0.833. The molecule has 1 atom stereocenters. The molecule has 1 aliphatic heterocycles. The van der Waals surface area contributed by atoms with E-state index in [1.54, 1.807) is 21.5 Å². The number of halogens is 3. The Morgan fingerprint density at radius 1 is 1.31 bits per heavy atom. The maximum atomic E-state index is 12.8. The number of rotatable bonds is 4. The fraction of sp³-hybridized carbons (Fsp3) is 0.588. The Kier molecular flexibility index (Phi) is 4.04. The van der Waals surface area contributed by atoms with Gasteiger partial charge in [-0.25, -0.2) is 9.97 Å². The number of imidazole rings is 1. The maximum Gasteiger partial charge on any atom is 0.434 e. The summed E-state index contributed by atoms with van der Waals surface area (Å²) in [5, 5.41) is 0. The Morgan fingerprint density at radius 2 is 2.08 bits per heavy atom. The normalized spacial score (nSPS) is 20.1. The van der Waals surface area contributed by atoms with Crippen molar-refractivity contribution in [3.05, 3.63) is 40.5 Å². The number of fused-ring (bicyclic) bond motifs is 1.